The predicted octanol–water partition coefficient (Wildman–Crippen LogP) is -0.182. The molecule has 0 radical (unpaired) electrons. The Labute approximate surface area is 181 Å². The third-order valence-electron chi connectivity index (χ3n) is 1.64. The van der Waals surface area contributed by atoms with E-state index in [1.807, 2.05) is 0 Å². The molecular weight excluding hydrogens is 484 g/mol. The van der Waals surface area contributed by atoms with Crippen LogP contribution in [0.15, 0.2) is 23.7 Å². The Hall–Kier alpha value is -1.24. The van der Waals surface area contributed by atoms with Gasteiger partial charge in [0.25, 0.3) is 11.6 Å². The van der Waals surface area contributed by atoms with Crippen molar-refractivity contribution >= 4 is 49.3 Å². The first-order valence-electron chi connectivity index (χ1n) is 5.24. The second-order valence-corrected chi connectivity index (χ2v) is 3.74. The summed E-state index contributed by atoms with van der Waals surface area (Å²) in [7, 11) is 0. The van der Waals surface area contributed by atoms with E-state index in [9.17, 15) is 72.5 Å². The van der Waals surface area contributed by atoms with Crippen LogP contribution in [0.3, 0.4) is 0 Å². The number of alkyl halides is 12. The Morgan fingerprint density at radius 1 is 0.517 bits per heavy atom. The van der Waals surface area contributed by atoms with Gasteiger partial charge in [0.05, 0.1) is 0 Å². The summed E-state index contributed by atoms with van der Waals surface area (Å²) in [6, 6.07) is 0. The minimum atomic E-state index is -5.46. The minimum absolute atomic E-state index is 0. The predicted molar refractivity (Wildman–Crippen MR) is 63.4 cm³/mol. The molecular formula is C10H6CaF12O6. The van der Waals surface area contributed by atoms with E-state index in [1.54, 1.807) is 0 Å². The van der Waals surface area contributed by atoms with Crippen molar-refractivity contribution in [3.05, 3.63) is 23.7 Å². The van der Waals surface area contributed by atoms with E-state index in [2.05, 4.69) is 0 Å². The minimum Gasteiger partial charge on any atom is -0.869 e. The first-order valence-corrected chi connectivity index (χ1v) is 5.24. The van der Waals surface area contributed by atoms with Crippen LogP contribution in [0.25, 0.3) is 0 Å². The van der Waals surface area contributed by atoms with Gasteiger partial charge in [-0.1, -0.05) is 0 Å². The quantitative estimate of drug-likeness (QED) is 0.229. The maximum absolute atomic E-state index is 11.3. The molecule has 29 heavy (non-hydrogen) atoms. The number of allylic oxidation sites excluding steroid dienone is 4. The van der Waals surface area contributed by atoms with Gasteiger partial charge in [0.1, 0.15) is 0 Å². The molecule has 0 bridgehead atoms. The zero-order chi connectivity index (χ0) is 21.7. The molecule has 0 aromatic rings. The number of rotatable bonds is 2. The molecule has 0 aliphatic rings. The fourth-order valence-corrected chi connectivity index (χ4v) is 0.565. The fraction of sp³-hybridized carbons (Fsp3) is 0.400. The summed E-state index contributed by atoms with van der Waals surface area (Å²) in [5.41, 5.74) is 0. The summed E-state index contributed by atoms with van der Waals surface area (Å²) in [6.45, 7) is 0. The largest absolute Gasteiger partial charge is 2.00 e. The van der Waals surface area contributed by atoms with Gasteiger partial charge in [-0.05, 0) is 23.7 Å². The van der Waals surface area contributed by atoms with Gasteiger partial charge in [-0.15, -0.1) is 0 Å². The van der Waals surface area contributed by atoms with Crippen LogP contribution < -0.4 is 10.2 Å². The van der Waals surface area contributed by atoms with Crippen molar-refractivity contribution in [1.29, 1.82) is 0 Å². The molecule has 0 unspecified atom stereocenters. The Morgan fingerprint density at radius 2 is 0.690 bits per heavy atom. The van der Waals surface area contributed by atoms with Crippen LogP contribution >= 0.6 is 0 Å². The second kappa shape index (κ2) is 13.1. The Balaban J connectivity index is -0.000000120. The van der Waals surface area contributed by atoms with Crippen molar-refractivity contribution in [3.63, 3.8) is 0 Å². The number of carbonyl (C=O) groups excluding carboxylic acids is 2. The van der Waals surface area contributed by atoms with E-state index >= 15 is 0 Å². The molecule has 0 fully saturated rings. The maximum Gasteiger partial charge on any atom is 2.00 e. The summed E-state index contributed by atoms with van der Waals surface area (Å²) in [5, 5.41) is 19.6. The van der Waals surface area contributed by atoms with Gasteiger partial charge < -0.3 is 21.2 Å². The summed E-state index contributed by atoms with van der Waals surface area (Å²) < 4.78 is 136. The number of hydrogen-bond donors (Lipinski definition) is 0. The topological polar surface area (TPSA) is 143 Å². The monoisotopic (exact) mass is 490 g/mol. The molecule has 0 heterocycles. The smallest absolute Gasteiger partial charge is 0.869 e. The van der Waals surface area contributed by atoms with Crippen LogP contribution in [-0.2, 0) is 9.59 Å². The molecule has 6 nitrogen and oxygen atoms in total. The van der Waals surface area contributed by atoms with E-state index in [0.717, 1.165) is 0 Å². The van der Waals surface area contributed by atoms with Crippen LogP contribution in [-0.4, -0.2) is 85.0 Å². The Morgan fingerprint density at radius 3 is 0.793 bits per heavy atom. The molecule has 0 aliphatic carbocycles. The van der Waals surface area contributed by atoms with E-state index in [-0.39, 0.29) is 48.7 Å². The molecule has 0 spiro atoms. The van der Waals surface area contributed by atoms with Crippen molar-refractivity contribution in [2.45, 2.75) is 24.7 Å². The molecule has 4 N–H and O–H groups in total. The second-order valence-electron chi connectivity index (χ2n) is 3.74. The molecule has 168 valence electrons. The Kier molecular flexibility index (Phi) is 17.4. The first kappa shape index (κ1) is 38.4. The van der Waals surface area contributed by atoms with Gasteiger partial charge in [0.2, 0.25) is 0 Å². The fourth-order valence-electron chi connectivity index (χ4n) is 0.565. The van der Waals surface area contributed by atoms with E-state index in [4.69, 9.17) is 0 Å². The zero-order valence-electron chi connectivity index (χ0n) is 13.0. The van der Waals surface area contributed by atoms with Gasteiger partial charge in [-0.25, -0.2) is 0 Å². The average molecular weight is 490 g/mol. The van der Waals surface area contributed by atoms with Crippen LogP contribution in [0.4, 0.5) is 52.7 Å². The Bertz CT molecular complexity index is 532. The molecule has 0 saturated heterocycles. The van der Waals surface area contributed by atoms with Crippen molar-refractivity contribution < 1.29 is 83.4 Å². The summed E-state index contributed by atoms with van der Waals surface area (Å²) in [5.74, 6) is -11.3. The number of halogens is 12. The van der Waals surface area contributed by atoms with E-state index in [1.165, 1.54) is 0 Å². The molecule has 19 heteroatoms. The molecule has 0 rings (SSSR count). The van der Waals surface area contributed by atoms with Crippen molar-refractivity contribution in [2.75, 3.05) is 0 Å². The standard InChI is InChI=1S/2C5H2F6O2.Ca.2H2O/c2*6-4(7,8)2(12)1-3(13)5(9,10)11;;;/h2*1,12H;;2*1H2/q;;+2;;/p-2. The summed E-state index contributed by atoms with van der Waals surface area (Å²) >= 11 is 0. The number of ketones is 2. The van der Waals surface area contributed by atoms with Gasteiger partial charge >= 0.3 is 62.4 Å². The first-order chi connectivity index (χ1) is 11.1. The van der Waals surface area contributed by atoms with Crippen LogP contribution in [0.2, 0.25) is 0 Å². The number of hydrogen-bond acceptors (Lipinski definition) is 4. The zero-order valence-corrected chi connectivity index (χ0v) is 15.2. The van der Waals surface area contributed by atoms with Crippen LogP contribution in [0.1, 0.15) is 0 Å². The van der Waals surface area contributed by atoms with Crippen LogP contribution in [0, 0.1) is 0 Å². The van der Waals surface area contributed by atoms with Gasteiger partial charge in [0.15, 0.2) is 0 Å². The van der Waals surface area contributed by atoms with Gasteiger partial charge in [-0.2, -0.15) is 52.7 Å². The number of carbonyl (C=O) groups is 2. The third kappa shape index (κ3) is 17.3. The molecule has 0 aromatic carbocycles. The molecule has 0 aromatic heterocycles. The molecule has 0 amide bonds. The normalized spacial score (nSPS) is 13.0. The van der Waals surface area contributed by atoms with Crippen molar-refractivity contribution in [1.82, 2.24) is 0 Å². The van der Waals surface area contributed by atoms with E-state index < -0.39 is 59.9 Å². The summed E-state index contributed by atoms with van der Waals surface area (Å²) in [4.78, 5) is 19.6. The SMILES string of the molecule is O.O.O=C(C=C([O-])C(F)(F)F)C(F)(F)F.O=C(C=C([O-])C(F)(F)F)C(F)(F)F.[Ca+2]. The average Bonchev–Trinajstić information content (AvgIpc) is 2.34. The molecule has 0 aliphatic heterocycles. The molecule has 0 saturated carbocycles. The third-order valence-corrected chi connectivity index (χ3v) is 1.64. The van der Waals surface area contributed by atoms with Gasteiger partial charge in [-0.3, -0.25) is 9.59 Å². The summed E-state index contributed by atoms with van der Waals surface area (Å²) in [6.07, 6.45) is -23.9. The molecule has 0 atom stereocenters. The van der Waals surface area contributed by atoms with Crippen LogP contribution in [0.5, 0.6) is 0 Å². The van der Waals surface area contributed by atoms with E-state index in [0.29, 0.717) is 0 Å². The van der Waals surface area contributed by atoms with Gasteiger partial charge in [0, 0.05) is 0 Å². The maximum atomic E-state index is 11.3. The van der Waals surface area contributed by atoms with Crippen molar-refractivity contribution in [3.8, 4) is 0 Å². The van der Waals surface area contributed by atoms with Crippen molar-refractivity contribution in [2.24, 2.45) is 0 Å².